The highest BCUT2D eigenvalue weighted by Crippen LogP contribution is 2.40. The zero-order valence-electron chi connectivity index (χ0n) is 32.7. The Hall–Kier alpha value is -4.13. The van der Waals surface area contributed by atoms with E-state index in [0.29, 0.717) is 54.7 Å². The fourth-order valence-electron chi connectivity index (χ4n) is 7.52. The predicted molar refractivity (Wildman–Crippen MR) is 207 cm³/mol. The van der Waals surface area contributed by atoms with Gasteiger partial charge >= 0.3 is 6.09 Å². The molecule has 3 heterocycles. The third-order valence-corrected chi connectivity index (χ3v) is 10.4. The number of unbranched alkanes of at least 4 members (excludes halogenated alkanes) is 5. The molecule has 2 fully saturated rings. The van der Waals surface area contributed by atoms with Gasteiger partial charge in [-0.05, 0) is 83.9 Å². The molecule has 1 aromatic carbocycles. The fraction of sp³-hybridized carbons (Fsp3) is 0.675. The van der Waals surface area contributed by atoms with Crippen LogP contribution in [0.2, 0.25) is 0 Å². The number of nitrogens with one attached hydrogen (secondary N) is 2. The number of likely N-dealkylation sites (tertiary alicyclic amines) is 1. The summed E-state index contributed by atoms with van der Waals surface area (Å²) in [5.74, 6) is 1.64. The number of carbonyl (C=O) groups excluding carboxylic acids is 3. The third kappa shape index (κ3) is 10.7. The van der Waals surface area contributed by atoms with E-state index in [0.717, 1.165) is 89.5 Å². The molecule has 13 heteroatoms. The van der Waals surface area contributed by atoms with Gasteiger partial charge in [-0.1, -0.05) is 45.4 Å². The van der Waals surface area contributed by atoms with Crippen LogP contribution in [0, 0.1) is 0 Å². The zero-order chi connectivity index (χ0) is 38.0. The molecule has 53 heavy (non-hydrogen) atoms. The van der Waals surface area contributed by atoms with Crippen molar-refractivity contribution in [1.82, 2.24) is 20.2 Å². The second-order valence-corrected chi connectivity index (χ2v) is 15.5. The zero-order valence-corrected chi connectivity index (χ0v) is 32.7. The minimum atomic E-state index is -0.472. The first kappa shape index (κ1) is 40.1. The number of nitrogens with zero attached hydrogens (tertiary/aromatic N) is 5. The maximum atomic E-state index is 13.2. The maximum Gasteiger partial charge on any atom is 0.410 e. The van der Waals surface area contributed by atoms with E-state index in [1.54, 1.807) is 42.3 Å². The maximum absolute atomic E-state index is 13.2. The van der Waals surface area contributed by atoms with Crippen molar-refractivity contribution in [2.45, 2.75) is 135 Å². The van der Waals surface area contributed by atoms with Crippen LogP contribution >= 0.6 is 0 Å². The van der Waals surface area contributed by atoms with E-state index in [4.69, 9.17) is 19.2 Å². The molecule has 5 rings (SSSR count). The predicted octanol–water partition coefficient (Wildman–Crippen LogP) is 7.22. The van der Waals surface area contributed by atoms with Crippen molar-refractivity contribution in [3.8, 4) is 5.75 Å². The first-order chi connectivity index (χ1) is 25.5. The highest BCUT2D eigenvalue weighted by atomic mass is 16.6. The second-order valence-electron chi connectivity index (χ2n) is 15.5. The Bertz CT molecular complexity index is 1530. The Balaban J connectivity index is 1.00. The molecule has 0 spiro atoms. The van der Waals surface area contributed by atoms with Gasteiger partial charge in [-0.15, -0.1) is 0 Å². The summed E-state index contributed by atoms with van der Waals surface area (Å²) < 4.78 is 17.2. The number of anilines is 4. The molecule has 0 bridgehead atoms. The van der Waals surface area contributed by atoms with Gasteiger partial charge in [0.15, 0.2) is 5.82 Å². The van der Waals surface area contributed by atoms with Crippen LogP contribution < -0.4 is 25.2 Å². The summed E-state index contributed by atoms with van der Waals surface area (Å²) in [6, 6.07) is 5.35. The minimum Gasteiger partial charge on any atom is -0.495 e. The lowest BCUT2D eigenvalue weighted by atomic mass is 10.0. The van der Waals surface area contributed by atoms with Crippen LogP contribution in [0.5, 0.6) is 5.75 Å². The summed E-state index contributed by atoms with van der Waals surface area (Å²) in [7, 11) is 3.37. The standard InChI is InChI=1S/C40H61N7O6/c1-7-32-37(49)45(5)33-27-42-38(44-35(33)47(32)29-16-12-13-17-29)43-31-19-18-28(26-34(31)51-6)36(48)41-22-14-10-8-9-11-15-25-52-30-20-23-46(24-21-30)39(50)53-40(2,3)4/h18-19,26-27,29-30,32H,7-17,20-25H2,1-6H3,(H,41,48)(H,42,43,44)/t32-/m1/s1. The molecule has 1 saturated heterocycles. The van der Waals surface area contributed by atoms with Gasteiger partial charge < -0.3 is 39.5 Å². The van der Waals surface area contributed by atoms with Crippen LogP contribution in [0.4, 0.5) is 27.9 Å². The van der Waals surface area contributed by atoms with Crippen molar-refractivity contribution in [3.63, 3.8) is 0 Å². The van der Waals surface area contributed by atoms with Gasteiger partial charge in [-0.25, -0.2) is 9.78 Å². The number of carbonyl (C=O) groups is 3. The number of benzene rings is 1. The number of likely N-dealkylation sites (N-methyl/N-ethyl adjacent to an activating group) is 1. The van der Waals surface area contributed by atoms with Gasteiger partial charge in [0, 0.05) is 44.9 Å². The molecule has 1 aromatic heterocycles. The molecule has 292 valence electrons. The normalized spacial score (nSPS) is 18.3. The molecule has 2 aromatic rings. The summed E-state index contributed by atoms with van der Waals surface area (Å²) in [4.78, 5) is 53.6. The van der Waals surface area contributed by atoms with E-state index >= 15 is 0 Å². The van der Waals surface area contributed by atoms with Crippen molar-refractivity contribution >= 4 is 41.0 Å². The number of amides is 3. The minimum absolute atomic E-state index is 0.0798. The van der Waals surface area contributed by atoms with Gasteiger partial charge in [0.25, 0.3) is 5.91 Å². The van der Waals surface area contributed by atoms with E-state index in [9.17, 15) is 14.4 Å². The summed E-state index contributed by atoms with van der Waals surface area (Å²) in [5.41, 5.74) is 1.42. The van der Waals surface area contributed by atoms with E-state index < -0.39 is 5.60 Å². The van der Waals surface area contributed by atoms with Crippen LogP contribution in [-0.2, 0) is 14.3 Å². The molecular formula is C40H61N7O6. The molecule has 2 N–H and O–H groups in total. The summed E-state index contributed by atoms with van der Waals surface area (Å²) in [5, 5.41) is 6.33. The van der Waals surface area contributed by atoms with E-state index in [2.05, 4.69) is 27.4 Å². The van der Waals surface area contributed by atoms with Gasteiger partial charge in [0.2, 0.25) is 11.9 Å². The van der Waals surface area contributed by atoms with Crippen molar-refractivity contribution in [3.05, 3.63) is 30.0 Å². The van der Waals surface area contributed by atoms with Crippen LogP contribution in [0.25, 0.3) is 0 Å². The number of hydrogen-bond acceptors (Lipinski definition) is 10. The topological polar surface area (TPSA) is 138 Å². The molecule has 1 atom stereocenters. The molecule has 1 aliphatic carbocycles. The number of aromatic nitrogens is 2. The Morgan fingerprint density at radius 2 is 1.68 bits per heavy atom. The van der Waals surface area contributed by atoms with Crippen LogP contribution in [0.1, 0.15) is 122 Å². The van der Waals surface area contributed by atoms with Crippen molar-refractivity contribution in [1.29, 1.82) is 0 Å². The average Bonchev–Trinajstić information content (AvgIpc) is 3.68. The summed E-state index contributed by atoms with van der Waals surface area (Å²) >= 11 is 0. The van der Waals surface area contributed by atoms with Crippen molar-refractivity contribution in [2.75, 3.05) is 55.5 Å². The van der Waals surface area contributed by atoms with E-state index in [-0.39, 0.29) is 36.1 Å². The number of hydrogen-bond donors (Lipinski definition) is 2. The van der Waals surface area contributed by atoms with Crippen LogP contribution in [0.15, 0.2) is 24.4 Å². The summed E-state index contributed by atoms with van der Waals surface area (Å²) in [6.07, 6.45) is 14.9. The SMILES string of the molecule is CC[C@@H]1C(=O)N(C)c2cnc(Nc3ccc(C(=O)NCCCCCCCCOC4CCN(C(=O)OC(C)(C)C)CC4)cc3OC)nc2N1C1CCCC1. The molecule has 0 radical (unpaired) electrons. The largest absolute Gasteiger partial charge is 0.495 e. The third-order valence-electron chi connectivity index (χ3n) is 10.4. The Kier molecular flexibility index (Phi) is 14.2. The van der Waals surface area contributed by atoms with E-state index in [1.807, 2.05) is 26.8 Å². The second kappa shape index (κ2) is 18.8. The number of piperidine rings is 1. The number of fused-ring (bicyclic) bond motifs is 1. The van der Waals surface area contributed by atoms with Crippen LogP contribution in [-0.4, -0.2) is 97.0 Å². The lowest BCUT2D eigenvalue weighted by Gasteiger charge is -2.43. The lowest BCUT2D eigenvalue weighted by Crippen LogP contribution is -2.55. The Labute approximate surface area is 315 Å². The lowest BCUT2D eigenvalue weighted by molar-refractivity contribution is -0.120. The number of ether oxygens (including phenoxy) is 3. The van der Waals surface area contributed by atoms with Gasteiger partial charge in [-0.3, -0.25) is 9.59 Å². The molecule has 0 unspecified atom stereocenters. The number of methoxy groups -OCH3 is 1. The summed E-state index contributed by atoms with van der Waals surface area (Å²) in [6.45, 7) is 10.4. The fourth-order valence-corrected chi connectivity index (χ4v) is 7.52. The van der Waals surface area contributed by atoms with Gasteiger partial charge in [0.1, 0.15) is 23.1 Å². The highest BCUT2D eigenvalue weighted by Gasteiger charge is 2.41. The monoisotopic (exact) mass is 735 g/mol. The van der Waals surface area contributed by atoms with Gasteiger partial charge in [0.05, 0.1) is 25.1 Å². The first-order valence-electron chi connectivity index (χ1n) is 19.7. The quantitative estimate of drug-likeness (QED) is 0.170. The highest BCUT2D eigenvalue weighted by molar-refractivity contribution is 6.04. The van der Waals surface area contributed by atoms with Crippen LogP contribution in [0.3, 0.4) is 0 Å². The molecule has 1 saturated carbocycles. The van der Waals surface area contributed by atoms with Gasteiger partial charge in [-0.2, -0.15) is 4.98 Å². The number of rotatable bonds is 16. The molecule has 3 amide bonds. The molecular weight excluding hydrogens is 674 g/mol. The molecule has 13 nitrogen and oxygen atoms in total. The Morgan fingerprint density at radius 1 is 0.981 bits per heavy atom. The smallest absolute Gasteiger partial charge is 0.410 e. The Morgan fingerprint density at radius 3 is 2.36 bits per heavy atom. The van der Waals surface area contributed by atoms with Crippen molar-refractivity contribution in [2.24, 2.45) is 0 Å². The molecule has 2 aliphatic heterocycles. The molecule has 3 aliphatic rings. The first-order valence-corrected chi connectivity index (χ1v) is 19.7. The van der Waals surface area contributed by atoms with E-state index in [1.165, 1.54) is 0 Å². The van der Waals surface area contributed by atoms with Crippen molar-refractivity contribution < 1.29 is 28.6 Å². The average molecular weight is 736 g/mol.